The molecule has 1 aliphatic carbocycles. The quantitative estimate of drug-likeness (QED) is 0.524. The van der Waals surface area contributed by atoms with E-state index in [-0.39, 0.29) is 30.2 Å². The van der Waals surface area contributed by atoms with Crippen molar-refractivity contribution < 1.29 is 14.3 Å². The molecule has 0 N–H and O–H groups in total. The van der Waals surface area contributed by atoms with Crippen molar-refractivity contribution in [2.45, 2.75) is 38.6 Å². The third-order valence-electron chi connectivity index (χ3n) is 6.08. The van der Waals surface area contributed by atoms with Crippen molar-refractivity contribution >= 4 is 11.8 Å². The van der Waals surface area contributed by atoms with Crippen molar-refractivity contribution in [2.24, 2.45) is 13.0 Å². The highest BCUT2D eigenvalue weighted by molar-refractivity contribution is 5.88. The number of carbonyl (C=O) groups excluding carboxylic acids is 2. The van der Waals surface area contributed by atoms with Crippen molar-refractivity contribution in [1.82, 2.24) is 14.4 Å². The second-order valence-corrected chi connectivity index (χ2v) is 8.39. The van der Waals surface area contributed by atoms with Gasteiger partial charge in [-0.15, -0.1) is 0 Å². The van der Waals surface area contributed by atoms with Gasteiger partial charge in [0.2, 0.25) is 11.8 Å². The predicted octanol–water partition coefficient (Wildman–Crippen LogP) is 3.43. The lowest BCUT2D eigenvalue weighted by Gasteiger charge is -2.28. The fourth-order valence-corrected chi connectivity index (χ4v) is 4.00. The molecule has 0 unspecified atom stereocenters. The van der Waals surface area contributed by atoms with E-state index in [0.29, 0.717) is 26.2 Å². The largest absolute Gasteiger partial charge is 0.383 e. The number of hydrogen-bond donors (Lipinski definition) is 0. The lowest BCUT2D eigenvalue weighted by molar-refractivity contribution is -0.142. The molecular weight excluding hydrogens is 390 g/mol. The Hall–Kier alpha value is -2.60. The Morgan fingerprint density at radius 3 is 2.52 bits per heavy atom. The zero-order valence-electron chi connectivity index (χ0n) is 19.0. The maximum atomic E-state index is 13.2. The number of rotatable bonds is 12. The van der Waals surface area contributed by atoms with E-state index >= 15 is 0 Å². The average Bonchev–Trinajstić information content (AvgIpc) is 3.49. The normalized spacial score (nSPS) is 17.4. The monoisotopic (exact) mass is 425 g/mol. The van der Waals surface area contributed by atoms with Gasteiger partial charge < -0.3 is 19.1 Å². The zero-order valence-corrected chi connectivity index (χ0v) is 19.0. The third kappa shape index (κ3) is 6.20. The van der Waals surface area contributed by atoms with Crippen LogP contribution in [0.2, 0.25) is 0 Å². The second-order valence-electron chi connectivity index (χ2n) is 8.39. The molecule has 1 aromatic carbocycles. The number of benzene rings is 1. The SMILES string of the molecule is CCCCN(Cc1cccn1C)C(=O)CN(CCOC)C(=O)[C@@H]1C[C@H]1c1ccccc1. The van der Waals surface area contributed by atoms with Crippen LogP contribution in [0, 0.1) is 5.92 Å². The molecule has 2 amide bonds. The smallest absolute Gasteiger partial charge is 0.242 e. The van der Waals surface area contributed by atoms with Crippen LogP contribution in [0.15, 0.2) is 48.7 Å². The Kier molecular flexibility index (Phi) is 8.29. The molecule has 0 spiro atoms. The van der Waals surface area contributed by atoms with Gasteiger partial charge in [-0.1, -0.05) is 43.7 Å². The Morgan fingerprint density at radius 2 is 1.87 bits per heavy atom. The van der Waals surface area contributed by atoms with Crippen LogP contribution in [0.25, 0.3) is 0 Å². The molecule has 0 saturated heterocycles. The molecule has 3 rings (SSSR count). The van der Waals surface area contributed by atoms with E-state index < -0.39 is 0 Å². The van der Waals surface area contributed by atoms with Crippen LogP contribution in [0.5, 0.6) is 0 Å². The summed E-state index contributed by atoms with van der Waals surface area (Å²) in [6.45, 7) is 4.34. The minimum absolute atomic E-state index is 0.00369. The predicted molar refractivity (Wildman–Crippen MR) is 121 cm³/mol. The summed E-state index contributed by atoms with van der Waals surface area (Å²) in [5.74, 6) is 0.280. The van der Waals surface area contributed by atoms with Crippen LogP contribution in [0.3, 0.4) is 0 Å². The maximum Gasteiger partial charge on any atom is 0.242 e. The molecule has 31 heavy (non-hydrogen) atoms. The van der Waals surface area contributed by atoms with Gasteiger partial charge in [-0.2, -0.15) is 0 Å². The highest BCUT2D eigenvalue weighted by Crippen LogP contribution is 2.48. The fraction of sp³-hybridized carbons (Fsp3) is 0.520. The fourth-order valence-electron chi connectivity index (χ4n) is 4.00. The summed E-state index contributed by atoms with van der Waals surface area (Å²) in [5, 5.41) is 0. The van der Waals surface area contributed by atoms with Crippen molar-refractivity contribution in [2.75, 3.05) is 33.4 Å². The van der Waals surface area contributed by atoms with Crippen molar-refractivity contribution in [1.29, 1.82) is 0 Å². The van der Waals surface area contributed by atoms with Crippen molar-refractivity contribution in [3.63, 3.8) is 0 Å². The van der Waals surface area contributed by atoms with E-state index in [9.17, 15) is 9.59 Å². The number of aryl methyl sites for hydroxylation is 1. The summed E-state index contributed by atoms with van der Waals surface area (Å²) in [5.41, 5.74) is 2.29. The molecule has 168 valence electrons. The highest BCUT2D eigenvalue weighted by atomic mass is 16.5. The van der Waals surface area contributed by atoms with E-state index in [2.05, 4.69) is 19.1 Å². The summed E-state index contributed by atoms with van der Waals surface area (Å²) >= 11 is 0. The van der Waals surface area contributed by atoms with Gasteiger partial charge in [-0.05, 0) is 36.5 Å². The Morgan fingerprint density at radius 1 is 1.10 bits per heavy atom. The Balaban J connectivity index is 1.66. The van der Waals surface area contributed by atoms with Crippen molar-refractivity contribution in [3.8, 4) is 0 Å². The van der Waals surface area contributed by atoms with Crippen molar-refractivity contribution in [3.05, 3.63) is 59.9 Å². The minimum atomic E-state index is -0.0379. The van der Waals surface area contributed by atoms with E-state index in [1.165, 1.54) is 5.56 Å². The lowest BCUT2D eigenvalue weighted by atomic mass is 10.1. The van der Waals surface area contributed by atoms with Crippen LogP contribution in [0.4, 0.5) is 0 Å². The van der Waals surface area contributed by atoms with E-state index in [4.69, 9.17) is 4.74 Å². The molecule has 6 heteroatoms. The first-order valence-corrected chi connectivity index (χ1v) is 11.3. The first-order chi connectivity index (χ1) is 15.0. The number of amides is 2. The molecule has 0 bridgehead atoms. The van der Waals surface area contributed by atoms with Gasteiger partial charge in [0.15, 0.2) is 0 Å². The summed E-state index contributed by atoms with van der Waals surface area (Å²) in [4.78, 5) is 30.1. The number of aromatic nitrogens is 1. The second kappa shape index (κ2) is 11.1. The topological polar surface area (TPSA) is 54.8 Å². The van der Waals surface area contributed by atoms with Gasteiger partial charge in [-0.25, -0.2) is 0 Å². The number of ether oxygens (including phenoxy) is 1. The molecular formula is C25H35N3O3. The highest BCUT2D eigenvalue weighted by Gasteiger charge is 2.46. The number of methoxy groups -OCH3 is 1. The summed E-state index contributed by atoms with van der Waals surface area (Å²) in [7, 11) is 3.61. The molecule has 1 heterocycles. The Bertz CT molecular complexity index is 849. The molecule has 1 saturated carbocycles. The van der Waals surface area contributed by atoms with Gasteiger partial charge in [0.25, 0.3) is 0 Å². The summed E-state index contributed by atoms with van der Waals surface area (Å²) in [6.07, 6.45) is 4.80. The minimum Gasteiger partial charge on any atom is -0.383 e. The summed E-state index contributed by atoms with van der Waals surface area (Å²) in [6, 6.07) is 14.2. The molecule has 0 radical (unpaired) electrons. The Labute approximate surface area is 185 Å². The average molecular weight is 426 g/mol. The first kappa shape index (κ1) is 23.1. The van der Waals surface area contributed by atoms with E-state index in [1.807, 2.05) is 53.0 Å². The van der Waals surface area contributed by atoms with Crippen LogP contribution in [-0.2, 0) is 27.9 Å². The van der Waals surface area contributed by atoms with E-state index in [1.54, 1.807) is 12.0 Å². The van der Waals surface area contributed by atoms with Crippen LogP contribution in [0.1, 0.15) is 43.4 Å². The molecule has 2 aromatic rings. The van der Waals surface area contributed by atoms with Gasteiger partial charge in [0.05, 0.1) is 19.7 Å². The molecule has 1 fully saturated rings. The van der Waals surface area contributed by atoms with Crippen LogP contribution < -0.4 is 0 Å². The number of nitrogens with zero attached hydrogens (tertiary/aromatic N) is 3. The van der Waals surface area contributed by atoms with Gasteiger partial charge >= 0.3 is 0 Å². The van der Waals surface area contributed by atoms with Crippen LogP contribution in [-0.4, -0.2) is 59.5 Å². The molecule has 0 aliphatic heterocycles. The summed E-state index contributed by atoms with van der Waals surface area (Å²) < 4.78 is 7.26. The molecule has 6 nitrogen and oxygen atoms in total. The van der Waals surface area contributed by atoms with E-state index in [0.717, 1.165) is 25.0 Å². The van der Waals surface area contributed by atoms with Gasteiger partial charge in [0.1, 0.15) is 0 Å². The standard InChI is InChI=1S/C25H35N3O3/c1-4-5-14-27(18-21-12-9-13-26(21)2)24(29)19-28(15-16-31-3)25(30)23-17-22(23)20-10-7-6-8-11-20/h6-13,22-23H,4-5,14-19H2,1-3H3/t22-,23+/m0/s1. The number of hydrogen-bond acceptors (Lipinski definition) is 3. The van der Waals surface area contributed by atoms with Gasteiger partial charge in [-0.3, -0.25) is 9.59 Å². The molecule has 1 aromatic heterocycles. The van der Waals surface area contributed by atoms with Crippen LogP contribution >= 0.6 is 0 Å². The number of carbonyl (C=O) groups is 2. The van der Waals surface area contributed by atoms with Gasteiger partial charge in [0, 0.05) is 45.1 Å². The maximum absolute atomic E-state index is 13.2. The molecule has 1 aliphatic rings. The lowest BCUT2D eigenvalue weighted by Crippen LogP contribution is -2.45. The third-order valence-corrected chi connectivity index (χ3v) is 6.08. The zero-order chi connectivity index (χ0) is 22.2. The molecule has 2 atom stereocenters. The number of unbranched alkanes of at least 4 members (excludes halogenated alkanes) is 1. The first-order valence-electron chi connectivity index (χ1n) is 11.3.